The molecule has 0 saturated heterocycles. The van der Waals surface area contributed by atoms with Gasteiger partial charge in [-0.1, -0.05) is 86.6 Å². The molecule has 0 aliphatic carbocycles. The molecule has 0 aliphatic heterocycles. The van der Waals surface area contributed by atoms with E-state index in [0.717, 1.165) is 16.0 Å². The Morgan fingerprint density at radius 3 is 1.85 bits per heavy atom. The summed E-state index contributed by atoms with van der Waals surface area (Å²) in [6.45, 7) is 3.79. The SMILES string of the molecule is CC(C)CN(CP(=O)(O)O)C(=O)N[C@@H](Cc1ccc(C(=O)OCc2ccccc2)cc1)C(=O)OCc1ccccc1. The van der Waals surface area contributed by atoms with E-state index < -0.39 is 37.9 Å². The van der Waals surface area contributed by atoms with Gasteiger partial charge in [-0.2, -0.15) is 0 Å². The molecule has 3 N–H and O–H groups in total. The first-order chi connectivity index (χ1) is 19.5. The Morgan fingerprint density at radius 1 is 0.805 bits per heavy atom. The second-order valence-corrected chi connectivity index (χ2v) is 11.6. The van der Waals surface area contributed by atoms with Gasteiger partial charge in [-0.3, -0.25) is 4.57 Å². The molecular formula is C30H35N2O8P. The number of rotatable bonds is 13. The number of hydrogen-bond acceptors (Lipinski definition) is 6. The average Bonchev–Trinajstić information content (AvgIpc) is 2.94. The summed E-state index contributed by atoms with van der Waals surface area (Å²) in [6.07, 6.45) is -0.771. The van der Waals surface area contributed by atoms with Crippen LogP contribution in [0.1, 0.15) is 40.9 Å². The Balaban J connectivity index is 1.72. The van der Waals surface area contributed by atoms with Gasteiger partial charge in [0.05, 0.1) is 5.56 Å². The van der Waals surface area contributed by atoms with Crippen LogP contribution < -0.4 is 5.32 Å². The molecule has 0 aromatic heterocycles. The molecule has 0 unspecified atom stereocenters. The van der Waals surface area contributed by atoms with E-state index in [2.05, 4.69) is 5.32 Å². The van der Waals surface area contributed by atoms with E-state index >= 15 is 0 Å². The van der Waals surface area contributed by atoms with Crippen molar-refractivity contribution in [1.29, 1.82) is 0 Å². The Hall–Kier alpha value is -3.98. The van der Waals surface area contributed by atoms with Crippen LogP contribution in [0.2, 0.25) is 0 Å². The summed E-state index contributed by atoms with van der Waals surface area (Å²) in [7, 11) is -4.55. The summed E-state index contributed by atoms with van der Waals surface area (Å²) in [4.78, 5) is 58.6. The third-order valence-corrected chi connectivity index (χ3v) is 6.59. The fraction of sp³-hybridized carbons (Fsp3) is 0.300. The largest absolute Gasteiger partial charge is 0.459 e. The summed E-state index contributed by atoms with van der Waals surface area (Å²) in [5.41, 5.74) is 2.56. The summed E-state index contributed by atoms with van der Waals surface area (Å²) in [5, 5.41) is 2.58. The van der Waals surface area contributed by atoms with Crippen LogP contribution in [-0.2, 0) is 38.5 Å². The van der Waals surface area contributed by atoms with Gasteiger partial charge < -0.3 is 29.5 Å². The predicted octanol–water partition coefficient (Wildman–Crippen LogP) is 4.50. The number of carbonyl (C=O) groups excluding carboxylic acids is 3. The quantitative estimate of drug-likeness (QED) is 0.198. The average molecular weight is 583 g/mol. The third kappa shape index (κ3) is 11.2. The number of ether oxygens (including phenoxy) is 2. The van der Waals surface area contributed by atoms with Crippen LogP contribution in [0, 0.1) is 5.92 Å². The molecule has 1 atom stereocenters. The minimum Gasteiger partial charge on any atom is -0.459 e. The molecule has 3 rings (SSSR count). The van der Waals surface area contributed by atoms with Crippen molar-refractivity contribution < 1.29 is 38.2 Å². The summed E-state index contributed by atoms with van der Waals surface area (Å²) >= 11 is 0. The molecule has 3 aromatic carbocycles. The maximum absolute atomic E-state index is 13.1. The zero-order valence-electron chi connectivity index (χ0n) is 23.0. The lowest BCUT2D eigenvalue weighted by atomic mass is 10.0. The van der Waals surface area contributed by atoms with E-state index in [1.807, 2.05) is 36.4 Å². The molecule has 0 aliphatic rings. The normalized spacial score (nSPS) is 11.9. The molecule has 0 heterocycles. The lowest BCUT2D eigenvalue weighted by Crippen LogP contribution is -2.50. The van der Waals surface area contributed by atoms with Gasteiger partial charge in [0.2, 0.25) is 0 Å². The van der Waals surface area contributed by atoms with Crippen LogP contribution >= 0.6 is 7.60 Å². The topological polar surface area (TPSA) is 142 Å². The van der Waals surface area contributed by atoms with Gasteiger partial charge in [0, 0.05) is 13.0 Å². The van der Waals surface area contributed by atoms with E-state index in [9.17, 15) is 28.7 Å². The second-order valence-electron chi connectivity index (χ2n) is 9.98. The Morgan fingerprint density at radius 2 is 1.34 bits per heavy atom. The molecule has 0 fully saturated rings. The Labute approximate surface area is 239 Å². The monoisotopic (exact) mass is 582 g/mol. The van der Waals surface area contributed by atoms with Crippen LogP contribution in [0.25, 0.3) is 0 Å². The second kappa shape index (κ2) is 15.1. The molecule has 41 heavy (non-hydrogen) atoms. The van der Waals surface area contributed by atoms with E-state index in [4.69, 9.17) is 9.47 Å². The van der Waals surface area contributed by atoms with Crippen molar-refractivity contribution in [2.75, 3.05) is 12.8 Å². The number of urea groups is 1. The lowest BCUT2D eigenvalue weighted by Gasteiger charge is -2.27. The minimum absolute atomic E-state index is 0.0174. The van der Waals surface area contributed by atoms with Gasteiger partial charge >= 0.3 is 25.6 Å². The zero-order valence-corrected chi connectivity index (χ0v) is 23.9. The van der Waals surface area contributed by atoms with Crippen molar-refractivity contribution in [1.82, 2.24) is 10.2 Å². The highest BCUT2D eigenvalue weighted by molar-refractivity contribution is 7.51. The summed E-state index contributed by atoms with van der Waals surface area (Å²) in [5.74, 6) is -1.30. The van der Waals surface area contributed by atoms with Crippen molar-refractivity contribution in [3.05, 3.63) is 107 Å². The minimum atomic E-state index is -4.55. The van der Waals surface area contributed by atoms with Crippen LogP contribution in [0.3, 0.4) is 0 Å². The zero-order chi connectivity index (χ0) is 29.8. The Bertz CT molecular complexity index is 1330. The smallest absolute Gasteiger partial charge is 0.344 e. The van der Waals surface area contributed by atoms with Gasteiger partial charge in [0.1, 0.15) is 25.5 Å². The lowest BCUT2D eigenvalue weighted by molar-refractivity contribution is -0.147. The number of nitrogens with one attached hydrogen (secondary N) is 1. The fourth-order valence-corrected chi connectivity index (χ4v) is 4.64. The molecule has 0 bridgehead atoms. The van der Waals surface area contributed by atoms with Gasteiger partial charge in [-0.15, -0.1) is 0 Å². The molecule has 2 amide bonds. The Kier molecular flexibility index (Phi) is 11.6. The van der Waals surface area contributed by atoms with E-state index in [0.29, 0.717) is 11.1 Å². The summed E-state index contributed by atoms with van der Waals surface area (Å²) in [6, 6.07) is 22.8. The number of benzene rings is 3. The molecule has 10 nitrogen and oxygen atoms in total. The van der Waals surface area contributed by atoms with E-state index in [-0.39, 0.29) is 32.1 Å². The van der Waals surface area contributed by atoms with Crippen molar-refractivity contribution in [2.45, 2.75) is 39.5 Å². The van der Waals surface area contributed by atoms with Gasteiger partial charge in [-0.25, -0.2) is 14.4 Å². The first-order valence-electron chi connectivity index (χ1n) is 13.1. The fourth-order valence-electron chi connectivity index (χ4n) is 3.95. The molecule has 0 spiro atoms. The van der Waals surface area contributed by atoms with Crippen LogP contribution in [0.5, 0.6) is 0 Å². The maximum atomic E-state index is 13.1. The highest BCUT2D eigenvalue weighted by atomic mass is 31.2. The van der Waals surface area contributed by atoms with Crippen LogP contribution in [0.4, 0.5) is 4.79 Å². The first-order valence-corrected chi connectivity index (χ1v) is 14.9. The molecule has 0 saturated carbocycles. The maximum Gasteiger partial charge on any atom is 0.344 e. The van der Waals surface area contributed by atoms with Gasteiger partial charge in [-0.05, 0) is 34.7 Å². The molecule has 0 radical (unpaired) electrons. The van der Waals surface area contributed by atoms with E-state index in [1.54, 1.807) is 62.4 Å². The molecular weight excluding hydrogens is 547 g/mol. The molecule has 11 heteroatoms. The van der Waals surface area contributed by atoms with Crippen molar-refractivity contribution in [3.8, 4) is 0 Å². The highest BCUT2D eigenvalue weighted by Crippen LogP contribution is 2.35. The van der Waals surface area contributed by atoms with Gasteiger partial charge in [0.15, 0.2) is 0 Å². The van der Waals surface area contributed by atoms with Crippen LogP contribution in [-0.4, -0.2) is 51.5 Å². The number of esters is 2. The van der Waals surface area contributed by atoms with Crippen molar-refractivity contribution >= 4 is 25.6 Å². The third-order valence-electron chi connectivity index (χ3n) is 5.88. The number of hydrogen-bond donors (Lipinski definition) is 3. The molecule has 218 valence electrons. The molecule has 3 aromatic rings. The standard InChI is InChI=1S/C30H35N2O8P/c1-22(2)18-32(21-41(36,37)38)30(35)31-27(29(34)40-20-25-11-7-4-8-12-25)17-23-13-15-26(16-14-23)28(33)39-19-24-9-5-3-6-10-24/h3-16,22,27H,17-21H2,1-2H3,(H,31,35)(H2,36,37,38)/t27-/m0/s1. The van der Waals surface area contributed by atoms with Crippen molar-refractivity contribution in [2.24, 2.45) is 5.92 Å². The van der Waals surface area contributed by atoms with Gasteiger partial charge in [0.25, 0.3) is 0 Å². The van der Waals surface area contributed by atoms with Crippen LogP contribution in [0.15, 0.2) is 84.9 Å². The number of nitrogens with zero attached hydrogens (tertiary/aromatic N) is 1. The first kappa shape index (κ1) is 31.5. The number of carbonyl (C=O) groups is 3. The summed E-state index contributed by atoms with van der Waals surface area (Å²) < 4.78 is 22.5. The van der Waals surface area contributed by atoms with Crippen molar-refractivity contribution in [3.63, 3.8) is 0 Å². The predicted molar refractivity (Wildman–Crippen MR) is 153 cm³/mol. The number of amides is 2. The van der Waals surface area contributed by atoms with E-state index in [1.165, 1.54) is 0 Å². The highest BCUT2D eigenvalue weighted by Gasteiger charge is 2.29.